The summed E-state index contributed by atoms with van der Waals surface area (Å²) in [7, 11) is 0. The molecule has 0 amide bonds. The minimum absolute atomic E-state index is 0.00665. The van der Waals surface area contributed by atoms with Crippen LogP contribution in [0, 0.1) is 11.3 Å². The quantitative estimate of drug-likeness (QED) is 0.557. The first-order valence-corrected chi connectivity index (χ1v) is 9.92. The van der Waals surface area contributed by atoms with Crippen molar-refractivity contribution in [3.05, 3.63) is 35.4 Å². The summed E-state index contributed by atoms with van der Waals surface area (Å²) >= 11 is 0. The number of esters is 2. The van der Waals surface area contributed by atoms with Gasteiger partial charge in [-0.3, -0.25) is 0 Å². The number of carbonyl (C=O) groups is 2. The lowest BCUT2D eigenvalue weighted by molar-refractivity contribution is 0.0108. The molecule has 0 saturated heterocycles. The van der Waals surface area contributed by atoms with Gasteiger partial charge in [0.15, 0.2) is 0 Å². The fourth-order valence-electron chi connectivity index (χ4n) is 2.60. The fourth-order valence-corrected chi connectivity index (χ4v) is 2.60. The van der Waals surface area contributed by atoms with E-state index in [2.05, 4.69) is 20.8 Å². The Labute approximate surface area is 167 Å². The minimum Gasteiger partial charge on any atom is -0.459 e. The van der Waals surface area contributed by atoms with Gasteiger partial charge < -0.3 is 19.7 Å². The maximum absolute atomic E-state index is 12.1. The van der Waals surface area contributed by atoms with Crippen molar-refractivity contribution in [3.8, 4) is 0 Å². The number of aliphatic hydroxyl groups excluding tert-OH is 2. The molecule has 6 nitrogen and oxygen atoms in total. The summed E-state index contributed by atoms with van der Waals surface area (Å²) in [5.41, 5.74) is 0.602. The Balaban J connectivity index is 2.54. The van der Waals surface area contributed by atoms with Crippen molar-refractivity contribution >= 4 is 11.9 Å². The second kappa shape index (κ2) is 11.2. The van der Waals surface area contributed by atoms with Gasteiger partial charge in [-0.1, -0.05) is 47.5 Å². The average molecular weight is 395 g/mol. The van der Waals surface area contributed by atoms with Crippen molar-refractivity contribution in [1.82, 2.24) is 0 Å². The first-order chi connectivity index (χ1) is 13.1. The monoisotopic (exact) mass is 394 g/mol. The van der Waals surface area contributed by atoms with Crippen LogP contribution in [0.4, 0.5) is 0 Å². The van der Waals surface area contributed by atoms with Crippen LogP contribution in [-0.4, -0.2) is 47.6 Å². The Hall–Kier alpha value is -1.92. The summed E-state index contributed by atoms with van der Waals surface area (Å²) in [6.07, 6.45) is 1.03. The van der Waals surface area contributed by atoms with Crippen molar-refractivity contribution < 1.29 is 29.3 Å². The van der Waals surface area contributed by atoms with E-state index in [-0.39, 0.29) is 30.1 Å². The number of ether oxygens (including phenoxy) is 2. The van der Waals surface area contributed by atoms with Crippen LogP contribution in [-0.2, 0) is 9.47 Å². The standard InChI is InChI=1S/C22H34O6/c1-6-22(5,7-2)12-18(23)13-27-20(25)16-8-10-17(11-9-16)21(26)28-14-19(24)15(3)4/h8-11,15,18-19,23-24H,6-7,12-14H2,1-5H3. The molecule has 0 aliphatic rings. The molecule has 2 unspecified atom stereocenters. The van der Waals surface area contributed by atoms with Gasteiger partial charge in [-0.2, -0.15) is 0 Å². The van der Waals surface area contributed by atoms with E-state index >= 15 is 0 Å². The molecule has 1 aromatic carbocycles. The number of hydrogen-bond donors (Lipinski definition) is 2. The topological polar surface area (TPSA) is 93.1 Å². The first-order valence-electron chi connectivity index (χ1n) is 9.92. The number of aliphatic hydroxyl groups is 2. The zero-order valence-electron chi connectivity index (χ0n) is 17.6. The molecule has 28 heavy (non-hydrogen) atoms. The van der Waals surface area contributed by atoms with Crippen LogP contribution >= 0.6 is 0 Å². The van der Waals surface area contributed by atoms with Crippen molar-refractivity contribution in [2.45, 2.75) is 66.1 Å². The van der Waals surface area contributed by atoms with Crippen molar-refractivity contribution in [3.63, 3.8) is 0 Å². The lowest BCUT2D eigenvalue weighted by atomic mass is 9.80. The zero-order chi connectivity index (χ0) is 21.3. The van der Waals surface area contributed by atoms with E-state index in [9.17, 15) is 19.8 Å². The molecule has 0 aliphatic heterocycles. The van der Waals surface area contributed by atoms with Gasteiger partial charge in [-0.15, -0.1) is 0 Å². The molecule has 0 heterocycles. The highest BCUT2D eigenvalue weighted by atomic mass is 16.5. The third-order valence-corrected chi connectivity index (χ3v) is 5.35. The summed E-state index contributed by atoms with van der Waals surface area (Å²) in [6, 6.07) is 5.91. The molecule has 0 saturated carbocycles. The van der Waals surface area contributed by atoms with Crippen LogP contribution < -0.4 is 0 Å². The van der Waals surface area contributed by atoms with Crippen LogP contribution in [0.3, 0.4) is 0 Å². The summed E-state index contributed by atoms with van der Waals surface area (Å²) in [5.74, 6) is -1.12. The molecule has 1 aromatic rings. The van der Waals surface area contributed by atoms with Crippen molar-refractivity contribution in [1.29, 1.82) is 0 Å². The van der Waals surface area contributed by atoms with Crippen LogP contribution in [0.25, 0.3) is 0 Å². The average Bonchev–Trinajstić information content (AvgIpc) is 2.69. The second-order valence-corrected chi connectivity index (χ2v) is 7.96. The summed E-state index contributed by atoms with van der Waals surface area (Å²) < 4.78 is 10.3. The highest BCUT2D eigenvalue weighted by Gasteiger charge is 2.24. The highest BCUT2D eigenvalue weighted by Crippen LogP contribution is 2.31. The molecule has 0 spiro atoms. The Morgan fingerprint density at radius 2 is 1.36 bits per heavy atom. The van der Waals surface area contributed by atoms with Crippen LogP contribution in [0.5, 0.6) is 0 Å². The van der Waals surface area contributed by atoms with Crippen molar-refractivity contribution in [2.75, 3.05) is 13.2 Å². The summed E-state index contributed by atoms with van der Waals surface area (Å²) in [6.45, 7) is 9.80. The molecular weight excluding hydrogens is 360 g/mol. The van der Waals surface area contributed by atoms with E-state index in [0.717, 1.165) is 12.8 Å². The zero-order valence-corrected chi connectivity index (χ0v) is 17.6. The highest BCUT2D eigenvalue weighted by molar-refractivity contribution is 5.93. The van der Waals surface area contributed by atoms with Gasteiger partial charge in [0.2, 0.25) is 0 Å². The van der Waals surface area contributed by atoms with Crippen LogP contribution in [0.1, 0.15) is 74.6 Å². The van der Waals surface area contributed by atoms with E-state index in [1.165, 1.54) is 24.3 Å². The normalized spacial score (nSPS) is 13.9. The predicted molar refractivity (Wildman–Crippen MR) is 107 cm³/mol. The second-order valence-electron chi connectivity index (χ2n) is 7.96. The Kier molecular flexibility index (Phi) is 9.62. The van der Waals surface area contributed by atoms with Gasteiger partial charge in [0.25, 0.3) is 0 Å². The number of benzene rings is 1. The van der Waals surface area contributed by atoms with Gasteiger partial charge >= 0.3 is 11.9 Å². The smallest absolute Gasteiger partial charge is 0.338 e. The molecular formula is C22H34O6. The van der Waals surface area contributed by atoms with E-state index < -0.39 is 24.1 Å². The molecule has 1 rings (SSSR count). The van der Waals surface area contributed by atoms with E-state index in [0.29, 0.717) is 12.0 Å². The summed E-state index contributed by atoms with van der Waals surface area (Å²) in [5, 5.41) is 19.8. The van der Waals surface area contributed by atoms with Gasteiger partial charge in [-0.25, -0.2) is 9.59 Å². The lowest BCUT2D eigenvalue weighted by Crippen LogP contribution is -2.27. The summed E-state index contributed by atoms with van der Waals surface area (Å²) in [4.78, 5) is 24.1. The molecule has 158 valence electrons. The number of rotatable bonds is 11. The first kappa shape index (κ1) is 24.1. The minimum atomic E-state index is -0.716. The van der Waals surface area contributed by atoms with E-state index in [4.69, 9.17) is 9.47 Å². The molecule has 0 radical (unpaired) electrons. The van der Waals surface area contributed by atoms with E-state index in [1.807, 2.05) is 13.8 Å². The molecule has 2 atom stereocenters. The SMILES string of the molecule is CCC(C)(CC)CC(O)COC(=O)c1ccc(C(=O)OCC(O)C(C)C)cc1. The Morgan fingerprint density at radius 3 is 1.75 bits per heavy atom. The maximum atomic E-state index is 12.1. The number of hydrogen-bond acceptors (Lipinski definition) is 6. The maximum Gasteiger partial charge on any atom is 0.338 e. The molecule has 0 fully saturated rings. The molecule has 0 aromatic heterocycles. The van der Waals surface area contributed by atoms with Gasteiger partial charge in [0.1, 0.15) is 13.2 Å². The third kappa shape index (κ3) is 7.60. The third-order valence-electron chi connectivity index (χ3n) is 5.35. The molecule has 2 N–H and O–H groups in total. The molecule has 6 heteroatoms. The largest absolute Gasteiger partial charge is 0.459 e. The molecule has 0 bridgehead atoms. The fraction of sp³-hybridized carbons (Fsp3) is 0.636. The van der Waals surface area contributed by atoms with Gasteiger partial charge in [0.05, 0.1) is 23.3 Å². The van der Waals surface area contributed by atoms with Gasteiger partial charge in [0, 0.05) is 0 Å². The van der Waals surface area contributed by atoms with Crippen LogP contribution in [0.2, 0.25) is 0 Å². The Bertz CT molecular complexity index is 618. The van der Waals surface area contributed by atoms with E-state index in [1.54, 1.807) is 0 Å². The molecule has 0 aliphatic carbocycles. The Morgan fingerprint density at radius 1 is 0.929 bits per heavy atom. The number of carbonyl (C=O) groups excluding carboxylic acids is 2. The van der Waals surface area contributed by atoms with Crippen LogP contribution in [0.15, 0.2) is 24.3 Å². The van der Waals surface area contributed by atoms with Crippen molar-refractivity contribution in [2.24, 2.45) is 11.3 Å². The lowest BCUT2D eigenvalue weighted by Gasteiger charge is -2.29. The predicted octanol–water partition coefficient (Wildman–Crippen LogP) is 3.59. The van der Waals surface area contributed by atoms with Gasteiger partial charge in [-0.05, 0) is 42.0 Å².